The third-order valence-corrected chi connectivity index (χ3v) is 1.78. The lowest BCUT2D eigenvalue weighted by molar-refractivity contribution is -0.122. The molecule has 2 amide bonds. The molecular weight excluding hydrogens is 184 g/mol. The summed E-state index contributed by atoms with van der Waals surface area (Å²) in [5.41, 5.74) is 10.0. The van der Waals surface area contributed by atoms with Crippen LogP contribution >= 0.6 is 0 Å². The van der Waals surface area contributed by atoms with E-state index in [0.29, 0.717) is 0 Å². The van der Waals surface area contributed by atoms with Crippen LogP contribution in [0.3, 0.4) is 0 Å². The smallest absolute Gasteiger partial charge is 0.222 e. The molecule has 14 heavy (non-hydrogen) atoms. The zero-order chi connectivity index (χ0) is 11.1. The topological polar surface area (TPSA) is 111 Å². The molecule has 0 aliphatic heterocycles. The van der Waals surface area contributed by atoms with Gasteiger partial charge >= 0.3 is 0 Å². The number of nitrogens with two attached hydrogens (primary N) is 2. The predicted molar refractivity (Wildman–Crippen MR) is 51.3 cm³/mol. The highest BCUT2D eigenvalue weighted by atomic mass is 16.1. The molecule has 0 heterocycles. The van der Waals surface area contributed by atoms with Crippen molar-refractivity contribution < 1.29 is 9.59 Å². The van der Waals surface area contributed by atoms with Gasteiger partial charge in [-0.15, -0.1) is 0 Å². The van der Waals surface area contributed by atoms with E-state index in [4.69, 9.17) is 11.5 Å². The molecule has 0 aromatic rings. The van der Waals surface area contributed by atoms with Crippen LogP contribution in [0.4, 0.5) is 0 Å². The third-order valence-electron chi connectivity index (χ3n) is 1.78. The van der Waals surface area contributed by atoms with Gasteiger partial charge in [0.25, 0.3) is 0 Å². The van der Waals surface area contributed by atoms with Crippen LogP contribution in [0.15, 0.2) is 10.2 Å². The van der Waals surface area contributed by atoms with Crippen molar-refractivity contribution in [2.45, 2.75) is 13.8 Å². The van der Waals surface area contributed by atoms with Crippen molar-refractivity contribution in [1.29, 1.82) is 0 Å². The van der Waals surface area contributed by atoms with Gasteiger partial charge in [0.05, 0.1) is 24.9 Å². The molecule has 0 saturated carbocycles. The summed E-state index contributed by atoms with van der Waals surface area (Å²) < 4.78 is 0. The highest BCUT2D eigenvalue weighted by Crippen LogP contribution is 1.97. The monoisotopic (exact) mass is 200 g/mol. The minimum atomic E-state index is -0.410. The number of rotatable bonds is 6. The number of carbonyl (C=O) groups excluding carboxylic acids is 2. The lowest BCUT2D eigenvalue weighted by Gasteiger charge is -2.02. The number of hydrogen-bond donors (Lipinski definition) is 2. The maximum Gasteiger partial charge on any atom is 0.222 e. The van der Waals surface area contributed by atoms with Gasteiger partial charge in [0.2, 0.25) is 11.8 Å². The Bertz CT molecular complexity index is 215. The molecule has 80 valence electrons. The van der Waals surface area contributed by atoms with Crippen LogP contribution in [0.1, 0.15) is 13.8 Å². The quantitative estimate of drug-likeness (QED) is 0.572. The van der Waals surface area contributed by atoms with Gasteiger partial charge in [0.15, 0.2) is 0 Å². The highest BCUT2D eigenvalue weighted by Gasteiger charge is 2.08. The predicted octanol–water partition coefficient (Wildman–Crippen LogP) is -0.319. The molecule has 0 radical (unpaired) electrons. The molecule has 4 N–H and O–H groups in total. The Hall–Kier alpha value is -1.46. The molecule has 6 nitrogen and oxygen atoms in total. The Labute approximate surface area is 82.7 Å². The number of nitrogens with zero attached hydrogens (tertiary/aromatic N) is 2. The fourth-order valence-corrected chi connectivity index (χ4v) is 0.540. The number of azo groups is 1. The van der Waals surface area contributed by atoms with E-state index in [-0.39, 0.29) is 24.9 Å². The lowest BCUT2D eigenvalue weighted by atomic mass is 10.2. The Morgan fingerprint density at radius 2 is 1.29 bits per heavy atom. The molecule has 2 unspecified atom stereocenters. The van der Waals surface area contributed by atoms with Gasteiger partial charge in [0, 0.05) is 0 Å². The van der Waals surface area contributed by atoms with E-state index in [9.17, 15) is 9.59 Å². The zero-order valence-corrected chi connectivity index (χ0v) is 8.43. The molecule has 0 aliphatic rings. The van der Waals surface area contributed by atoms with E-state index in [1.807, 2.05) is 0 Å². The van der Waals surface area contributed by atoms with Gasteiger partial charge in [-0.25, -0.2) is 0 Å². The summed E-state index contributed by atoms with van der Waals surface area (Å²) >= 11 is 0. The molecule has 0 fully saturated rings. The summed E-state index contributed by atoms with van der Waals surface area (Å²) in [6.45, 7) is 3.83. The number of amides is 2. The minimum Gasteiger partial charge on any atom is -0.369 e. The van der Waals surface area contributed by atoms with Crippen LogP contribution < -0.4 is 11.5 Å². The fraction of sp³-hybridized carbons (Fsp3) is 0.750. The Morgan fingerprint density at radius 3 is 1.50 bits per heavy atom. The van der Waals surface area contributed by atoms with Crippen LogP contribution in [0.5, 0.6) is 0 Å². The van der Waals surface area contributed by atoms with Crippen molar-refractivity contribution in [1.82, 2.24) is 0 Å². The summed E-state index contributed by atoms with van der Waals surface area (Å²) in [5.74, 6) is -1.48. The maximum atomic E-state index is 10.6. The van der Waals surface area contributed by atoms with Gasteiger partial charge in [-0.2, -0.15) is 10.2 Å². The summed E-state index contributed by atoms with van der Waals surface area (Å²) in [4.78, 5) is 21.2. The van der Waals surface area contributed by atoms with Crippen LogP contribution in [0.25, 0.3) is 0 Å². The number of carbonyl (C=O) groups is 2. The van der Waals surface area contributed by atoms with Gasteiger partial charge in [-0.3, -0.25) is 9.59 Å². The van der Waals surface area contributed by atoms with E-state index in [0.717, 1.165) is 0 Å². The standard InChI is InChI=1S/C8H16N4O2/c1-5(7(9)13)3-11-12-4-6(2)8(10)14/h5-6H,3-4H2,1-2H3,(H2,9,13)(H2,10,14). The van der Waals surface area contributed by atoms with Crippen molar-refractivity contribution in [3.63, 3.8) is 0 Å². The highest BCUT2D eigenvalue weighted by molar-refractivity contribution is 5.76. The molecule has 0 saturated heterocycles. The summed E-state index contributed by atoms with van der Waals surface area (Å²) in [6, 6.07) is 0. The summed E-state index contributed by atoms with van der Waals surface area (Å²) in [7, 11) is 0. The van der Waals surface area contributed by atoms with E-state index < -0.39 is 11.8 Å². The first-order chi connectivity index (χ1) is 6.45. The number of hydrogen-bond acceptors (Lipinski definition) is 4. The molecule has 0 spiro atoms. The van der Waals surface area contributed by atoms with E-state index in [2.05, 4.69) is 10.2 Å². The van der Waals surface area contributed by atoms with Crippen LogP contribution in [0, 0.1) is 11.8 Å². The normalized spacial score (nSPS) is 15.3. The average Bonchev–Trinajstić information content (AvgIpc) is 2.11. The molecule has 0 rings (SSSR count). The fourth-order valence-electron chi connectivity index (χ4n) is 0.540. The molecular formula is C8H16N4O2. The van der Waals surface area contributed by atoms with Crippen molar-refractivity contribution >= 4 is 11.8 Å². The van der Waals surface area contributed by atoms with E-state index in [1.54, 1.807) is 13.8 Å². The third kappa shape index (κ3) is 5.23. The lowest BCUT2D eigenvalue weighted by Crippen LogP contribution is -2.23. The first kappa shape index (κ1) is 12.5. The zero-order valence-electron chi connectivity index (χ0n) is 8.43. The average molecular weight is 200 g/mol. The number of primary amides is 2. The molecule has 2 atom stereocenters. The second-order valence-electron chi connectivity index (χ2n) is 3.25. The van der Waals surface area contributed by atoms with E-state index >= 15 is 0 Å². The van der Waals surface area contributed by atoms with Gasteiger partial charge in [-0.05, 0) is 0 Å². The van der Waals surface area contributed by atoms with Crippen molar-refractivity contribution in [2.24, 2.45) is 33.5 Å². The first-order valence-corrected chi connectivity index (χ1v) is 4.37. The first-order valence-electron chi connectivity index (χ1n) is 4.37. The molecule has 0 bridgehead atoms. The second kappa shape index (κ2) is 6.06. The van der Waals surface area contributed by atoms with Crippen LogP contribution in [-0.4, -0.2) is 24.9 Å². The van der Waals surface area contributed by atoms with Crippen molar-refractivity contribution in [3.05, 3.63) is 0 Å². The van der Waals surface area contributed by atoms with Crippen molar-refractivity contribution in [3.8, 4) is 0 Å². The minimum absolute atomic E-state index is 0.251. The van der Waals surface area contributed by atoms with E-state index in [1.165, 1.54) is 0 Å². The maximum absolute atomic E-state index is 10.6. The van der Waals surface area contributed by atoms with Gasteiger partial charge < -0.3 is 11.5 Å². The SMILES string of the molecule is CC(CN=NCC(C)C(N)=O)C(N)=O. The van der Waals surface area contributed by atoms with Crippen LogP contribution in [0.2, 0.25) is 0 Å². The Balaban J connectivity index is 3.74. The Morgan fingerprint density at radius 1 is 1.00 bits per heavy atom. The van der Waals surface area contributed by atoms with Crippen LogP contribution in [-0.2, 0) is 9.59 Å². The summed E-state index contributed by atoms with van der Waals surface area (Å²) in [6.07, 6.45) is 0. The molecule has 6 heteroatoms. The molecule has 0 aromatic heterocycles. The second-order valence-corrected chi connectivity index (χ2v) is 3.25. The largest absolute Gasteiger partial charge is 0.369 e. The van der Waals surface area contributed by atoms with Gasteiger partial charge in [-0.1, -0.05) is 13.8 Å². The Kier molecular flexibility index (Phi) is 5.43. The molecule has 0 aromatic carbocycles. The van der Waals surface area contributed by atoms with Gasteiger partial charge in [0.1, 0.15) is 0 Å². The van der Waals surface area contributed by atoms with Crippen molar-refractivity contribution in [2.75, 3.05) is 13.1 Å². The summed E-state index contributed by atoms with van der Waals surface area (Å²) in [5, 5.41) is 7.46. The molecule has 0 aliphatic carbocycles.